The third kappa shape index (κ3) is 5.40. The molecule has 1 aromatic heterocycles. The Morgan fingerprint density at radius 1 is 1.00 bits per heavy atom. The Labute approximate surface area is 198 Å². The van der Waals surface area contributed by atoms with Gasteiger partial charge in [0.05, 0.1) is 16.8 Å². The summed E-state index contributed by atoms with van der Waals surface area (Å²) in [5.74, 6) is 1.24. The Morgan fingerprint density at radius 2 is 1.75 bits per heavy atom. The van der Waals surface area contributed by atoms with Crippen LogP contribution >= 0.6 is 23.1 Å². The molecule has 5 heteroatoms. The number of thiazole rings is 1. The van der Waals surface area contributed by atoms with Crippen LogP contribution in [0.1, 0.15) is 42.9 Å². The molecule has 0 N–H and O–H groups in total. The maximum Gasteiger partial charge on any atom is 0.229 e. The number of amides is 1. The number of carbonyl (C=O) groups excluding carboxylic acids is 1. The van der Waals surface area contributed by atoms with Crippen LogP contribution in [0.3, 0.4) is 0 Å². The van der Waals surface area contributed by atoms with Gasteiger partial charge in [0.2, 0.25) is 5.91 Å². The summed E-state index contributed by atoms with van der Waals surface area (Å²) in [5, 5.41) is 0.780. The third-order valence-corrected chi connectivity index (χ3v) is 7.44. The van der Waals surface area contributed by atoms with E-state index in [4.69, 9.17) is 4.98 Å². The Morgan fingerprint density at radius 3 is 2.47 bits per heavy atom. The molecule has 0 fully saturated rings. The van der Waals surface area contributed by atoms with Crippen molar-refractivity contribution in [3.8, 4) is 0 Å². The fraction of sp³-hybridized carbons (Fsp3) is 0.259. The molecular formula is C27H28N2OS2. The second-order valence-electron chi connectivity index (χ2n) is 8.22. The fourth-order valence-electron chi connectivity index (χ4n) is 3.59. The number of anilines is 1. The van der Waals surface area contributed by atoms with Crippen molar-refractivity contribution in [2.45, 2.75) is 44.6 Å². The van der Waals surface area contributed by atoms with Gasteiger partial charge in [-0.1, -0.05) is 85.3 Å². The Balaban J connectivity index is 1.57. The average Bonchev–Trinajstić information content (AvgIpc) is 3.23. The van der Waals surface area contributed by atoms with Gasteiger partial charge in [-0.15, -0.1) is 11.8 Å². The van der Waals surface area contributed by atoms with E-state index in [1.807, 2.05) is 23.1 Å². The van der Waals surface area contributed by atoms with Crippen LogP contribution in [0.2, 0.25) is 0 Å². The zero-order valence-electron chi connectivity index (χ0n) is 18.7. The van der Waals surface area contributed by atoms with Crippen LogP contribution in [0, 0.1) is 6.92 Å². The highest BCUT2D eigenvalue weighted by Gasteiger charge is 2.21. The van der Waals surface area contributed by atoms with E-state index in [1.54, 1.807) is 23.1 Å². The van der Waals surface area contributed by atoms with Gasteiger partial charge in [0.15, 0.2) is 5.13 Å². The summed E-state index contributed by atoms with van der Waals surface area (Å²) < 4.78 is 1.13. The summed E-state index contributed by atoms with van der Waals surface area (Å²) >= 11 is 3.33. The number of rotatable bonds is 8. The second kappa shape index (κ2) is 10.3. The summed E-state index contributed by atoms with van der Waals surface area (Å²) in [5.41, 5.74) is 4.60. The Hall–Kier alpha value is -2.63. The highest BCUT2D eigenvalue weighted by Crippen LogP contribution is 2.34. The molecule has 3 aromatic carbocycles. The van der Waals surface area contributed by atoms with E-state index in [2.05, 4.69) is 75.4 Å². The van der Waals surface area contributed by atoms with Crippen molar-refractivity contribution in [2.75, 3.05) is 10.7 Å². The van der Waals surface area contributed by atoms with Crippen molar-refractivity contribution in [1.29, 1.82) is 0 Å². The molecule has 0 saturated heterocycles. The largest absolute Gasteiger partial charge is 0.284 e. The van der Waals surface area contributed by atoms with Crippen LogP contribution in [0.4, 0.5) is 5.13 Å². The van der Waals surface area contributed by atoms with E-state index in [1.165, 1.54) is 16.0 Å². The van der Waals surface area contributed by atoms with Crippen LogP contribution in [0.15, 0.2) is 77.7 Å². The van der Waals surface area contributed by atoms with Crippen LogP contribution in [-0.2, 0) is 11.3 Å². The van der Waals surface area contributed by atoms with Crippen molar-refractivity contribution in [3.05, 3.63) is 89.5 Å². The highest BCUT2D eigenvalue weighted by atomic mass is 32.2. The van der Waals surface area contributed by atoms with Gasteiger partial charge < -0.3 is 0 Å². The van der Waals surface area contributed by atoms with Crippen molar-refractivity contribution in [2.24, 2.45) is 0 Å². The van der Waals surface area contributed by atoms with Gasteiger partial charge >= 0.3 is 0 Å². The number of hydrogen-bond donors (Lipinski definition) is 0. The minimum Gasteiger partial charge on any atom is -0.284 e. The topological polar surface area (TPSA) is 33.2 Å². The lowest BCUT2D eigenvalue weighted by atomic mass is 10.0. The Kier molecular flexibility index (Phi) is 7.28. The maximum absolute atomic E-state index is 13.4. The zero-order chi connectivity index (χ0) is 22.5. The van der Waals surface area contributed by atoms with Gasteiger partial charge in [0.25, 0.3) is 0 Å². The van der Waals surface area contributed by atoms with E-state index in [9.17, 15) is 4.79 Å². The average molecular weight is 461 g/mol. The molecule has 0 aliphatic heterocycles. The van der Waals surface area contributed by atoms with Crippen molar-refractivity contribution < 1.29 is 4.79 Å². The lowest BCUT2D eigenvalue weighted by Gasteiger charge is -2.20. The fourth-order valence-corrected chi connectivity index (χ4v) is 5.45. The summed E-state index contributed by atoms with van der Waals surface area (Å²) in [6.45, 7) is 6.99. The first kappa shape index (κ1) is 22.6. The van der Waals surface area contributed by atoms with Gasteiger partial charge in [-0.3, -0.25) is 9.69 Å². The minimum atomic E-state index is 0.110. The molecule has 0 atom stereocenters. The smallest absolute Gasteiger partial charge is 0.229 e. The van der Waals surface area contributed by atoms with Gasteiger partial charge in [-0.05, 0) is 42.2 Å². The summed E-state index contributed by atoms with van der Waals surface area (Å²) in [4.78, 5) is 21.4. The van der Waals surface area contributed by atoms with Gasteiger partial charge in [-0.2, -0.15) is 0 Å². The number of hydrogen-bond acceptors (Lipinski definition) is 4. The quantitative estimate of drug-likeness (QED) is 0.256. The van der Waals surface area contributed by atoms with Crippen molar-refractivity contribution in [1.82, 2.24) is 4.98 Å². The molecule has 4 rings (SSSR count). The normalized spacial score (nSPS) is 11.2. The number of nitrogens with zero attached hydrogens (tertiary/aromatic N) is 2. The third-order valence-electron chi connectivity index (χ3n) is 5.38. The molecule has 1 amide bonds. The van der Waals surface area contributed by atoms with Gasteiger partial charge in [-0.25, -0.2) is 4.98 Å². The monoisotopic (exact) mass is 460 g/mol. The molecule has 0 unspecified atom stereocenters. The lowest BCUT2D eigenvalue weighted by molar-refractivity contribution is -0.118. The molecule has 0 aliphatic carbocycles. The molecule has 0 aliphatic rings. The van der Waals surface area contributed by atoms with Crippen LogP contribution in [0.5, 0.6) is 0 Å². The number of carbonyl (C=O) groups is 1. The summed E-state index contributed by atoms with van der Waals surface area (Å²) in [6.07, 6.45) is 0.471. The van der Waals surface area contributed by atoms with Gasteiger partial charge in [0, 0.05) is 17.1 Å². The molecule has 0 saturated carbocycles. The number of thioether (sulfide) groups is 1. The standard InChI is InChI=1S/C27H28N2OS2/c1-19(2)23-10-7-11-24-26(23)28-27(32-24)29(18-21-8-5-4-6-9-21)25(30)16-17-31-22-14-12-20(3)13-15-22/h4-15,19H,16-18H2,1-3H3. The minimum absolute atomic E-state index is 0.110. The molecule has 3 nitrogen and oxygen atoms in total. The van der Waals surface area contributed by atoms with Crippen LogP contribution in [0.25, 0.3) is 10.2 Å². The van der Waals surface area contributed by atoms with Crippen molar-refractivity contribution in [3.63, 3.8) is 0 Å². The molecular weight excluding hydrogens is 432 g/mol. The first-order valence-electron chi connectivity index (χ1n) is 10.9. The summed E-state index contributed by atoms with van der Waals surface area (Å²) in [6, 6.07) is 24.9. The maximum atomic E-state index is 13.4. The number of para-hydroxylation sites is 1. The van der Waals surface area contributed by atoms with E-state index in [0.29, 0.717) is 18.9 Å². The molecule has 0 spiro atoms. The zero-order valence-corrected chi connectivity index (χ0v) is 20.4. The predicted octanol–water partition coefficient (Wildman–Crippen LogP) is 7.44. The second-order valence-corrected chi connectivity index (χ2v) is 10.4. The number of aryl methyl sites for hydroxylation is 1. The highest BCUT2D eigenvalue weighted by molar-refractivity contribution is 7.99. The molecule has 32 heavy (non-hydrogen) atoms. The first-order chi connectivity index (χ1) is 15.5. The van der Waals surface area contributed by atoms with E-state index >= 15 is 0 Å². The lowest BCUT2D eigenvalue weighted by Crippen LogP contribution is -2.30. The number of aromatic nitrogens is 1. The number of fused-ring (bicyclic) bond motifs is 1. The Bertz CT molecular complexity index is 1180. The number of benzene rings is 3. The molecule has 0 bridgehead atoms. The molecule has 164 valence electrons. The first-order valence-corrected chi connectivity index (χ1v) is 12.7. The molecule has 1 heterocycles. The van der Waals surface area contributed by atoms with Crippen molar-refractivity contribution >= 4 is 44.4 Å². The molecule has 0 radical (unpaired) electrons. The SMILES string of the molecule is Cc1ccc(SCCC(=O)N(Cc2ccccc2)c2nc3c(C(C)C)cccc3s2)cc1. The van der Waals surface area contributed by atoms with E-state index in [-0.39, 0.29) is 5.91 Å². The van der Waals surface area contributed by atoms with Crippen LogP contribution in [-0.4, -0.2) is 16.6 Å². The molecule has 4 aromatic rings. The predicted molar refractivity (Wildman–Crippen MR) is 138 cm³/mol. The van der Waals surface area contributed by atoms with Crippen LogP contribution < -0.4 is 4.90 Å². The van der Waals surface area contributed by atoms with E-state index < -0.39 is 0 Å². The van der Waals surface area contributed by atoms with E-state index in [0.717, 1.165) is 26.7 Å². The van der Waals surface area contributed by atoms with Gasteiger partial charge in [0.1, 0.15) is 0 Å². The summed E-state index contributed by atoms with van der Waals surface area (Å²) in [7, 11) is 0.